The quantitative estimate of drug-likeness (QED) is 0.851. The number of nitrogens with zero attached hydrogens (tertiary/aromatic N) is 3. The summed E-state index contributed by atoms with van der Waals surface area (Å²) in [6, 6.07) is 7.87. The lowest BCUT2D eigenvalue weighted by Gasteiger charge is -2.34. The van der Waals surface area contributed by atoms with E-state index >= 15 is 0 Å². The van der Waals surface area contributed by atoms with Crippen molar-refractivity contribution in [2.75, 3.05) is 43.1 Å². The minimum absolute atomic E-state index is 0.273. The highest BCUT2D eigenvalue weighted by Crippen LogP contribution is 2.33. The zero-order chi connectivity index (χ0) is 18.0. The molecule has 7 nitrogen and oxygen atoms in total. The first-order valence-electron chi connectivity index (χ1n) is 9.31. The number of benzene rings is 1. The first-order valence-corrected chi connectivity index (χ1v) is 9.31. The number of fused-ring (bicyclic) bond motifs is 1. The summed E-state index contributed by atoms with van der Waals surface area (Å²) in [4.78, 5) is 24.0. The minimum atomic E-state index is -0.589. The van der Waals surface area contributed by atoms with Gasteiger partial charge in [-0.2, -0.15) is 0 Å². The lowest BCUT2D eigenvalue weighted by molar-refractivity contribution is -0.132. The highest BCUT2D eigenvalue weighted by atomic mass is 16.5. The molecule has 1 aromatic carbocycles. The Labute approximate surface area is 152 Å². The third-order valence-corrected chi connectivity index (χ3v) is 5.52. The van der Waals surface area contributed by atoms with E-state index in [0.717, 1.165) is 48.6 Å². The van der Waals surface area contributed by atoms with Crippen LogP contribution in [0.2, 0.25) is 0 Å². The maximum atomic E-state index is 12.1. The van der Waals surface area contributed by atoms with Gasteiger partial charge in [-0.3, -0.25) is 4.79 Å². The SMILES string of the molecule is NC(=O)C1(CNc2nc3ccccc3nc2N2CCCC2)CCOCC1. The van der Waals surface area contributed by atoms with E-state index in [1.54, 1.807) is 0 Å². The maximum absolute atomic E-state index is 12.1. The van der Waals surface area contributed by atoms with Crippen LogP contribution < -0.4 is 16.0 Å². The highest BCUT2D eigenvalue weighted by molar-refractivity contribution is 5.83. The average Bonchev–Trinajstić information content (AvgIpc) is 3.21. The fourth-order valence-electron chi connectivity index (χ4n) is 3.78. The van der Waals surface area contributed by atoms with E-state index < -0.39 is 5.41 Å². The summed E-state index contributed by atoms with van der Waals surface area (Å²) < 4.78 is 5.42. The predicted octanol–water partition coefficient (Wildman–Crippen LogP) is 1.92. The number of hydrogen-bond donors (Lipinski definition) is 2. The Morgan fingerprint density at radius 1 is 1.15 bits per heavy atom. The molecule has 2 aliphatic heterocycles. The van der Waals surface area contributed by atoms with Crippen LogP contribution in [-0.2, 0) is 9.53 Å². The minimum Gasteiger partial charge on any atom is -0.381 e. The molecule has 0 radical (unpaired) electrons. The van der Waals surface area contributed by atoms with E-state index in [1.807, 2.05) is 24.3 Å². The lowest BCUT2D eigenvalue weighted by atomic mass is 9.79. The number of carbonyl (C=O) groups excluding carboxylic acids is 1. The summed E-state index contributed by atoms with van der Waals surface area (Å²) >= 11 is 0. The molecule has 3 N–H and O–H groups in total. The molecule has 1 amide bonds. The molecule has 26 heavy (non-hydrogen) atoms. The number of anilines is 2. The van der Waals surface area contributed by atoms with Crippen molar-refractivity contribution in [3.8, 4) is 0 Å². The highest BCUT2D eigenvalue weighted by Gasteiger charge is 2.38. The second kappa shape index (κ2) is 7.07. The topological polar surface area (TPSA) is 93.4 Å². The number of rotatable bonds is 5. The summed E-state index contributed by atoms with van der Waals surface area (Å²) in [5.41, 5.74) is 6.88. The molecule has 138 valence electrons. The molecule has 0 unspecified atom stereocenters. The van der Waals surface area contributed by atoms with Crippen molar-refractivity contribution in [3.05, 3.63) is 24.3 Å². The zero-order valence-electron chi connectivity index (χ0n) is 14.9. The van der Waals surface area contributed by atoms with Crippen LogP contribution in [0.4, 0.5) is 11.6 Å². The van der Waals surface area contributed by atoms with Gasteiger partial charge < -0.3 is 20.7 Å². The maximum Gasteiger partial charge on any atom is 0.225 e. The van der Waals surface area contributed by atoms with Crippen molar-refractivity contribution in [2.45, 2.75) is 25.7 Å². The van der Waals surface area contributed by atoms with Crippen molar-refractivity contribution in [3.63, 3.8) is 0 Å². The summed E-state index contributed by atoms with van der Waals surface area (Å²) in [5.74, 6) is 1.33. The van der Waals surface area contributed by atoms with Crippen LogP contribution >= 0.6 is 0 Å². The van der Waals surface area contributed by atoms with Gasteiger partial charge in [0.15, 0.2) is 11.6 Å². The third kappa shape index (κ3) is 3.19. The largest absolute Gasteiger partial charge is 0.381 e. The standard InChI is InChI=1S/C19H25N5O2/c20-18(25)19(7-11-26-12-8-19)13-21-16-17(24-9-3-4-10-24)23-15-6-2-1-5-14(15)22-16/h1-2,5-6H,3-4,7-13H2,(H2,20,25)(H,21,22). The zero-order valence-corrected chi connectivity index (χ0v) is 14.9. The van der Waals surface area contributed by atoms with E-state index in [1.165, 1.54) is 0 Å². The third-order valence-electron chi connectivity index (χ3n) is 5.52. The van der Waals surface area contributed by atoms with Gasteiger partial charge in [0.1, 0.15) is 0 Å². The fourth-order valence-corrected chi connectivity index (χ4v) is 3.78. The predicted molar refractivity (Wildman–Crippen MR) is 101 cm³/mol. The lowest BCUT2D eigenvalue weighted by Crippen LogP contribution is -2.46. The molecule has 0 atom stereocenters. The summed E-state index contributed by atoms with van der Waals surface area (Å²) in [5, 5.41) is 3.40. The molecule has 7 heteroatoms. The summed E-state index contributed by atoms with van der Waals surface area (Å²) in [7, 11) is 0. The van der Waals surface area contributed by atoms with E-state index in [9.17, 15) is 4.79 Å². The molecule has 4 rings (SSSR count). The van der Waals surface area contributed by atoms with E-state index in [4.69, 9.17) is 20.4 Å². The molecule has 2 aromatic rings. The molecule has 0 bridgehead atoms. The molecule has 0 spiro atoms. The molecule has 2 aliphatic rings. The second-order valence-corrected chi connectivity index (χ2v) is 7.19. The van der Waals surface area contributed by atoms with Crippen molar-refractivity contribution in [1.29, 1.82) is 0 Å². The Morgan fingerprint density at radius 2 is 1.81 bits per heavy atom. The number of hydrogen-bond acceptors (Lipinski definition) is 6. The molecule has 0 aliphatic carbocycles. The van der Waals surface area contributed by atoms with Gasteiger partial charge in [-0.1, -0.05) is 12.1 Å². The number of nitrogens with one attached hydrogen (secondary N) is 1. The van der Waals surface area contributed by atoms with Gasteiger partial charge in [0.2, 0.25) is 5.91 Å². The van der Waals surface area contributed by atoms with Gasteiger partial charge in [-0.25, -0.2) is 9.97 Å². The molecule has 2 saturated heterocycles. The van der Waals surface area contributed by atoms with Crippen molar-refractivity contribution in [1.82, 2.24) is 9.97 Å². The number of carbonyl (C=O) groups is 1. The first kappa shape index (κ1) is 17.0. The van der Waals surface area contributed by atoms with Crippen LogP contribution in [-0.4, -0.2) is 48.7 Å². The number of aromatic nitrogens is 2. The Kier molecular flexibility index (Phi) is 4.63. The van der Waals surface area contributed by atoms with Gasteiger partial charge in [-0.15, -0.1) is 0 Å². The van der Waals surface area contributed by atoms with E-state index in [0.29, 0.717) is 32.6 Å². The Balaban J connectivity index is 1.65. The summed E-state index contributed by atoms with van der Waals surface area (Å²) in [6.07, 6.45) is 3.60. The first-order chi connectivity index (χ1) is 12.7. The van der Waals surface area contributed by atoms with Crippen LogP contribution in [0.5, 0.6) is 0 Å². The monoisotopic (exact) mass is 355 g/mol. The Hall–Kier alpha value is -2.41. The molecule has 0 saturated carbocycles. The molecule has 3 heterocycles. The Morgan fingerprint density at radius 3 is 2.46 bits per heavy atom. The number of amides is 1. The van der Waals surface area contributed by atoms with Gasteiger partial charge in [0, 0.05) is 32.8 Å². The van der Waals surface area contributed by atoms with Crippen LogP contribution in [0.3, 0.4) is 0 Å². The summed E-state index contributed by atoms with van der Waals surface area (Å²) in [6.45, 7) is 3.55. The van der Waals surface area contributed by atoms with Gasteiger partial charge in [0.25, 0.3) is 0 Å². The number of ether oxygens (including phenoxy) is 1. The Bertz CT molecular complexity index is 798. The van der Waals surface area contributed by atoms with Crippen LogP contribution in [0, 0.1) is 5.41 Å². The van der Waals surface area contributed by atoms with Crippen molar-refractivity contribution >= 4 is 28.6 Å². The van der Waals surface area contributed by atoms with Crippen LogP contribution in [0.15, 0.2) is 24.3 Å². The molecule has 2 fully saturated rings. The molecular formula is C19H25N5O2. The fraction of sp³-hybridized carbons (Fsp3) is 0.526. The smallest absolute Gasteiger partial charge is 0.225 e. The number of nitrogens with two attached hydrogens (primary N) is 1. The van der Waals surface area contributed by atoms with Gasteiger partial charge >= 0.3 is 0 Å². The van der Waals surface area contributed by atoms with Crippen molar-refractivity contribution in [2.24, 2.45) is 11.1 Å². The number of primary amides is 1. The van der Waals surface area contributed by atoms with Crippen molar-refractivity contribution < 1.29 is 9.53 Å². The normalized spacial score (nSPS) is 19.6. The van der Waals surface area contributed by atoms with Crippen LogP contribution in [0.25, 0.3) is 11.0 Å². The van der Waals surface area contributed by atoms with Gasteiger partial charge in [0.05, 0.1) is 16.4 Å². The van der Waals surface area contributed by atoms with Gasteiger partial charge in [-0.05, 0) is 37.8 Å². The number of para-hydroxylation sites is 2. The molecule has 1 aromatic heterocycles. The van der Waals surface area contributed by atoms with Crippen LogP contribution in [0.1, 0.15) is 25.7 Å². The van der Waals surface area contributed by atoms with E-state index in [-0.39, 0.29) is 5.91 Å². The van der Waals surface area contributed by atoms with E-state index in [2.05, 4.69) is 10.2 Å². The second-order valence-electron chi connectivity index (χ2n) is 7.19. The average molecular weight is 355 g/mol. The molecular weight excluding hydrogens is 330 g/mol.